The van der Waals surface area contributed by atoms with Crippen LogP contribution in [0.4, 0.5) is 0 Å². The van der Waals surface area contributed by atoms with Crippen LogP contribution in [-0.2, 0) is 9.53 Å². The van der Waals surface area contributed by atoms with Crippen LogP contribution in [0.1, 0.15) is 12.8 Å². The van der Waals surface area contributed by atoms with E-state index >= 15 is 0 Å². The Morgan fingerprint density at radius 2 is 2.30 bits per heavy atom. The van der Waals surface area contributed by atoms with Gasteiger partial charge in [-0.1, -0.05) is 0 Å². The molecule has 0 aromatic rings. The molecule has 0 heterocycles. The fourth-order valence-corrected chi connectivity index (χ4v) is 0.597. The van der Waals surface area contributed by atoms with Gasteiger partial charge in [-0.2, -0.15) is 12.6 Å². The first-order valence-electron chi connectivity index (χ1n) is 3.18. The smallest absolute Gasteiger partial charge is 0.306 e. The van der Waals surface area contributed by atoms with Gasteiger partial charge < -0.3 is 9.84 Å². The molecule has 0 fully saturated rings. The summed E-state index contributed by atoms with van der Waals surface area (Å²) in [5, 5.41) is 8.30. The number of hydrogen-bond donors (Lipinski definition) is 2. The molecular formula is C6H12O3S. The molecule has 0 aliphatic heterocycles. The summed E-state index contributed by atoms with van der Waals surface area (Å²) in [5.41, 5.74) is 0. The number of rotatable bonds is 5. The molecule has 0 atom stereocenters. The van der Waals surface area contributed by atoms with Gasteiger partial charge in [0.1, 0.15) is 0 Å². The Balaban J connectivity index is 3.05. The van der Waals surface area contributed by atoms with E-state index in [2.05, 4.69) is 17.4 Å². The largest absolute Gasteiger partial charge is 0.466 e. The predicted octanol–water partition coefficient (Wildman–Crippen LogP) is 0.232. The molecule has 0 aliphatic rings. The second-order valence-electron chi connectivity index (χ2n) is 1.77. The minimum absolute atomic E-state index is 0.0636. The number of aliphatic hydroxyl groups is 1. The van der Waals surface area contributed by atoms with Gasteiger partial charge in [0.15, 0.2) is 0 Å². The summed E-state index contributed by atoms with van der Waals surface area (Å²) in [4.78, 5) is 10.6. The van der Waals surface area contributed by atoms with Crippen LogP contribution in [0.25, 0.3) is 0 Å². The van der Waals surface area contributed by atoms with Gasteiger partial charge in [-0.3, -0.25) is 4.79 Å². The van der Waals surface area contributed by atoms with Crippen LogP contribution in [-0.4, -0.2) is 30.0 Å². The van der Waals surface area contributed by atoms with Crippen LogP contribution in [0.5, 0.6) is 0 Å². The Morgan fingerprint density at radius 1 is 1.60 bits per heavy atom. The number of hydrogen-bond acceptors (Lipinski definition) is 4. The lowest BCUT2D eigenvalue weighted by Crippen LogP contribution is -2.06. The summed E-state index contributed by atoms with van der Waals surface area (Å²) in [6.45, 7) is 0.372. The first-order chi connectivity index (χ1) is 4.81. The maximum Gasteiger partial charge on any atom is 0.306 e. The van der Waals surface area contributed by atoms with Crippen molar-refractivity contribution in [3.05, 3.63) is 0 Å². The van der Waals surface area contributed by atoms with Crippen molar-refractivity contribution < 1.29 is 14.6 Å². The van der Waals surface area contributed by atoms with E-state index in [1.807, 2.05) is 0 Å². The number of carbonyl (C=O) groups excluding carboxylic acids is 1. The molecule has 0 amide bonds. The van der Waals surface area contributed by atoms with Crippen LogP contribution in [0.3, 0.4) is 0 Å². The fraction of sp³-hybridized carbons (Fsp3) is 0.833. The van der Waals surface area contributed by atoms with Crippen molar-refractivity contribution in [1.82, 2.24) is 0 Å². The Bertz CT molecular complexity index is 95.0. The van der Waals surface area contributed by atoms with Gasteiger partial charge in [0.05, 0.1) is 13.0 Å². The quantitative estimate of drug-likeness (QED) is 0.347. The summed E-state index contributed by atoms with van der Waals surface area (Å²) < 4.78 is 4.68. The standard InChI is InChI=1S/C6H12O3S/c7-3-1-4-9-6(8)2-5-10/h7,10H,1-5H2. The molecule has 0 spiro atoms. The molecule has 1 N–H and O–H groups in total. The van der Waals surface area contributed by atoms with Crippen molar-refractivity contribution >= 4 is 18.6 Å². The van der Waals surface area contributed by atoms with Gasteiger partial charge in [-0.25, -0.2) is 0 Å². The molecule has 0 rings (SSSR count). The van der Waals surface area contributed by atoms with Crippen LogP contribution in [0.15, 0.2) is 0 Å². The molecule has 4 heteroatoms. The van der Waals surface area contributed by atoms with E-state index in [1.54, 1.807) is 0 Å². The highest BCUT2D eigenvalue weighted by atomic mass is 32.1. The third kappa shape index (κ3) is 5.91. The highest BCUT2D eigenvalue weighted by molar-refractivity contribution is 7.80. The molecule has 0 saturated carbocycles. The summed E-state index contributed by atoms with van der Waals surface area (Å²) in [6, 6.07) is 0. The maximum absolute atomic E-state index is 10.6. The van der Waals surface area contributed by atoms with E-state index in [0.29, 0.717) is 25.2 Å². The lowest BCUT2D eigenvalue weighted by atomic mass is 10.5. The van der Waals surface area contributed by atoms with Crippen molar-refractivity contribution in [2.75, 3.05) is 19.0 Å². The van der Waals surface area contributed by atoms with Crippen LogP contribution in [0, 0.1) is 0 Å². The normalized spacial score (nSPS) is 9.40. The average Bonchev–Trinajstić information content (AvgIpc) is 1.89. The summed E-state index contributed by atoms with van der Waals surface area (Å²) in [6.07, 6.45) is 0.854. The zero-order valence-corrected chi connectivity index (χ0v) is 6.64. The highest BCUT2D eigenvalue weighted by Gasteiger charge is 1.98. The number of aliphatic hydroxyl groups excluding tert-OH is 1. The predicted molar refractivity (Wildman–Crippen MR) is 41.1 cm³/mol. The van der Waals surface area contributed by atoms with Crippen LogP contribution < -0.4 is 0 Å². The molecule has 0 unspecified atom stereocenters. The zero-order chi connectivity index (χ0) is 7.82. The lowest BCUT2D eigenvalue weighted by Gasteiger charge is -2.00. The van der Waals surface area contributed by atoms with Crippen LogP contribution in [0.2, 0.25) is 0 Å². The monoisotopic (exact) mass is 164 g/mol. The van der Waals surface area contributed by atoms with E-state index in [-0.39, 0.29) is 12.6 Å². The van der Waals surface area contributed by atoms with Crippen molar-refractivity contribution in [2.45, 2.75) is 12.8 Å². The highest BCUT2D eigenvalue weighted by Crippen LogP contribution is 1.89. The van der Waals surface area contributed by atoms with Gasteiger partial charge in [0.2, 0.25) is 0 Å². The van der Waals surface area contributed by atoms with Gasteiger partial charge in [0, 0.05) is 18.8 Å². The SMILES string of the molecule is O=C(CCS)OCCCO. The maximum atomic E-state index is 10.6. The fourth-order valence-electron chi connectivity index (χ4n) is 0.414. The van der Waals surface area contributed by atoms with Crippen molar-refractivity contribution in [2.24, 2.45) is 0 Å². The Morgan fingerprint density at radius 3 is 2.80 bits per heavy atom. The van der Waals surface area contributed by atoms with E-state index in [4.69, 9.17) is 5.11 Å². The minimum Gasteiger partial charge on any atom is -0.466 e. The third-order valence-corrected chi connectivity index (χ3v) is 1.11. The number of carbonyl (C=O) groups is 1. The Kier molecular flexibility index (Phi) is 6.74. The molecule has 0 aromatic carbocycles. The molecule has 3 nitrogen and oxygen atoms in total. The molecule has 0 aromatic heterocycles. The van der Waals surface area contributed by atoms with E-state index in [9.17, 15) is 4.79 Å². The molecular weight excluding hydrogens is 152 g/mol. The minimum atomic E-state index is -0.247. The van der Waals surface area contributed by atoms with Gasteiger partial charge in [0.25, 0.3) is 0 Å². The van der Waals surface area contributed by atoms with Crippen molar-refractivity contribution in [3.63, 3.8) is 0 Å². The molecule has 0 aliphatic carbocycles. The van der Waals surface area contributed by atoms with Gasteiger partial charge >= 0.3 is 5.97 Å². The first kappa shape index (κ1) is 9.78. The lowest BCUT2D eigenvalue weighted by molar-refractivity contribution is -0.143. The topological polar surface area (TPSA) is 46.5 Å². The van der Waals surface area contributed by atoms with E-state index < -0.39 is 0 Å². The number of thiol groups is 1. The second kappa shape index (κ2) is 6.89. The van der Waals surface area contributed by atoms with Crippen molar-refractivity contribution in [3.8, 4) is 0 Å². The molecule has 0 radical (unpaired) electrons. The summed E-state index contributed by atoms with van der Waals surface area (Å²) >= 11 is 3.85. The Labute approximate surface area is 65.8 Å². The average molecular weight is 164 g/mol. The summed E-state index contributed by atoms with van der Waals surface area (Å²) in [7, 11) is 0. The molecule has 0 saturated heterocycles. The molecule has 60 valence electrons. The van der Waals surface area contributed by atoms with E-state index in [0.717, 1.165) is 0 Å². The number of esters is 1. The first-order valence-corrected chi connectivity index (χ1v) is 3.82. The van der Waals surface area contributed by atoms with Crippen molar-refractivity contribution in [1.29, 1.82) is 0 Å². The van der Waals surface area contributed by atoms with Gasteiger partial charge in [-0.15, -0.1) is 0 Å². The number of ether oxygens (including phenoxy) is 1. The Hall–Kier alpha value is -0.220. The van der Waals surface area contributed by atoms with Gasteiger partial charge in [-0.05, 0) is 0 Å². The second-order valence-corrected chi connectivity index (χ2v) is 2.22. The third-order valence-electron chi connectivity index (χ3n) is 0.881. The van der Waals surface area contributed by atoms with Crippen LogP contribution >= 0.6 is 12.6 Å². The zero-order valence-electron chi connectivity index (χ0n) is 5.75. The molecule has 10 heavy (non-hydrogen) atoms. The summed E-state index contributed by atoms with van der Waals surface area (Å²) in [5.74, 6) is 0.265. The van der Waals surface area contributed by atoms with E-state index in [1.165, 1.54) is 0 Å². The molecule has 0 bridgehead atoms.